The molecule has 0 bridgehead atoms. The van der Waals surface area contributed by atoms with Crippen LogP contribution in [-0.4, -0.2) is 17.1 Å². The van der Waals surface area contributed by atoms with Gasteiger partial charge in [-0.05, 0) is 17.7 Å². The number of rotatable bonds is 3. The Morgan fingerprint density at radius 2 is 2.20 bits per heavy atom. The summed E-state index contributed by atoms with van der Waals surface area (Å²) < 4.78 is 13.8. The Labute approximate surface area is 101 Å². The van der Waals surface area contributed by atoms with Gasteiger partial charge in [-0.15, -0.1) is 12.4 Å². The molecule has 84 valence electrons. The topological polar surface area (TPSA) is 63.3 Å². The maximum Gasteiger partial charge on any atom is 0.320 e. The van der Waals surface area contributed by atoms with E-state index in [4.69, 9.17) is 10.8 Å². The molecule has 3 nitrogen and oxygen atoms in total. The van der Waals surface area contributed by atoms with Crippen LogP contribution in [0.3, 0.4) is 0 Å². The van der Waals surface area contributed by atoms with Crippen molar-refractivity contribution in [1.29, 1.82) is 0 Å². The standard InChI is InChI=1S/C9H9BrFNO2.ClH/c10-6-2-1-5(7(11)4-6)3-8(12)9(13)14;/h1-2,4,8H,3,12H2,(H,13,14);1H/t8-;/m1./s1. The van der Waals surface area contributed by atoms with Gasteiger partial charge < -0.3 is 10.8 Å². The minimum absolute atomic E-state index is 0. The zero-order valence-corrected chi connectivity index (χ0v) is 10.0. The first-order valence-electron chi connectivity index (χ1n) is 3.93. The van der Waals surface area contributed by atoms with Crippen LogP contribution in [0.1, 0.15) is 5.56 Å². The first kappa shape index (κ1) is 14.3. The van der Waals surface area contributed by atoms with Crippen molar-refractivity contribution in [3.8, 4) is 0 Å². The predicted molar refractivity (Wildman–Crippen MR) is 60.7 cm³/mol. The van der Waals surface area contributed by atoms with Crippen molar-refractivity contribution in [1.82, 2.24) is 0 Å². The average molecular weight is 299 g/mol. The van der Waals surface area contributed by atoms with Gasteiger partial charge in [0.25, 0.3) is 0 Å². The number of aliphatic carboxylic acids is 1. The quantitative estimate of drug-likeness (QED) is 0.896. The second kappa shape index (κ2) is 6.05. The lowest BCUT2D eigenvalue weighted by Gasteiger charge is -2.07. The molecule has 0 aromatic heterocycles. The monoisotopic (exact) mass is 297 g/mol. The Bertz CT molecular complexity index is 362. The summed E-state index contributed by atoms with van der Waals surface area (Å²) in [5.41, 5.74) is 5.59. The van der Waals surface area contributed by atoms with Crippen molar-refractivity contribution < 1.29 is 14.3 Å². The second-order valence-electron chi connectivity index (χ2n) is 2.88. The lowest BCUT2D eigenvalue weighted by atomic mass is 10.1. The van der Waals surface area contributed by atoms with Crippen molar-refractivity contribution in [3.05, 3.63) is 34.1 Å². The van der Waals surface area contributed by atoms with E-state index in [-0.39, 0.29) is 18.8 Å². The molecular formula is C9H10BrClFNO2. The SMILES string of the molecule is Cl.N[C@H](Cc1ccc(Br)cc1F)C(=O)O. The third-order valence-electron chi connectivity index (χ3n) is 1.77. The molecule has 0 fully saturated rings. The van der Waals surface area contributed by atoms with Crippen molar-refractivity contribution in [2.45, 2.75) is 12.5 Å². The third-order valence-corrected chi connectivity index (χ3v) is 2.27. The summed E-state index contributed by atoms with van der Waals surface area (Å²) in [5.74, 6) is -1.58. The molecule has 1 aromatic rings. The highest BCUT2D eigenvalue weighted by molar-refractivity contribution is 9.10. The molecular weight excluding hydrogens is 288 g/mol. The van der Waals surface area contributed by atoms with E-state index in [1.807, 2.05) is 0 Å². The lowest BCUT2D eigenvalue weighted by molar-refractivity contribution is -0.138. The molecule has 0 aliphatic rings. The number of hydrogen-bond acceptors (Lipinski definition) is 2. The van der Waals surface area contributed by atoms with Crippen molar-refractivity contribution in [3.63, 3.8) is 0 Å². The van der Waals surface area contributed by atoms with Crippen LogP contribution in [0.4, 0.5) is 4.39 Å². The van der Waals surface area contributed by atoms with E-state index >= 15 is 0 Å². The number of nitrogens with two attached hydrogens (primary N) is 1. The summed E-state index contributed by atoms with van der Waals surface area (Å²) in [6.07, 6.45) is -0.00551. The van der Waals surface area contributed by atoms with Crippen LogP contribution in [0, 0.1) is 5.82 Å². The molecule has 0 amide bonds. The molecule has 0 aliphatic heterocycles. The molecule has 1 aromatic carbocycles. The Morgan fingerprint density at radius 1 is 1.60 bits per heavy atom. The summed E-state index contributed by atoms with van der Waals surface area (Å²) >= 11 is 3.10. The maximum atomic E-state index is 13.2. The Morgan fingerprint density at radius 3 is 2.67 bits per heavy atom. The van der Waals surface area contributed by atoms with Gasteiger partial charge >= 0.3 is 5.97 Å². The van der Waals surface area contributed by atoms with Gasteiger partial charge in [-0.2, -0.15) is 0 Å². The van der Waals surface area contributed by atoms with Crippen LogP contribution in [-0.2, 0) is 11.2 Å². The zero-order chi connectivity index (χ0) is 10.7. The second-order valence-corrected chi connectivity index (χ2v) is 3.80. The van der Waals surface area contributed by atoms with E-state index in [1.54, 1.807) is 6.07 Å². The van der Waals surface area contributed by atoms with E-state index < -0.39 is 17.8 Å². The van der Waals surface area contributed by atoms with Gasteiger partial charge in [-0.1, -0.05) is 22.0 Å². The summed E-state index contributed by atoms with van der Waals surface area (Å²) in [6, 6.07) is 3.38. The van der Waals surface area contributed by atoms with Crippen molar-refractivity contribution >= 4 is 34.3 Å². The summed E-state index contributed by atoms with van der Waals surface area (Å²) in [6.45, 7) is 0. The zero-order valence-electron chi connectivity index (χ0n) is 7.61. The smallest absolute Gasteiger partial charge is 0.320 e. The largest absolute Gasteiger partial charge is 0.480 e. The number of carboxylic acids is 1. The normalized spacial score (nSPS) is 11.7. The van der Waals surface area contributed by atoms with Gasteiger partial charge in [0.1, 0.15) is 11.9 Å². The van der Waals surface area contributed by atoms with E-state index in [9.17, 15) is 9.18 Å². The fourth-order valence-electron chi connectivity index (χ4n) is 1.01. The van der Waals surface area contributed by atoms with E-state index in [1.165, 1.54) is 12.1 Å². The molecule has 0 spiro atoms. The molecule has 0 heterocycles. The number of carbonyl (C=O) groups is 1. The molecule has 1 rings (SSSR count). The Balaban J connectivity index is 0.00000196. The summed E-state index contributed by atoms with van der Waals surface area (Å²) in [7, 11) is 0. The number of benzene rings is 1. The Hall–Kier alpha value is -0.650. The minimum atomic E-state index is -1.13. The fraction of sp³-hybridized carbons (Fsp3) is 0.222. The molecule has 0 radical (unpaired) electrons. The first-order chi connectivity index (χ1) is 6.50. The number of carboxylic acid groups (broad SMARTS) is 1. The highest BCUT2D eigenvalue weighted by atomic mass is 79.9. The van der Waals surface area contributed by atoms with Crippen LogP contribution in [0.2, 0.25) is 0 Å². The van der Waals surface area contributed by atoms with Crippen molar-refractivity contribution in [2.75, 3.05) is 0 Å². The maximum absolute atomic E-state index is 13.2. The first-order valence-corrected chi connectivity index (χ1v) is 4.72. The molecule has 0 unspecified atom stereocenters. The fourth-order valence-corrected chi connectivity index (χ4v) is 1.34. The van der Waals surface area contributed by atoms with Gasteiger partial charge in [-0.25, -0.2) is 4.39 Å². The lowest BCUT2D eigenvalue weighted by Crippen LogP contribution is -2.32. The van der Waals surface area contributed by atoms with Gasteiger partial charge in [0.15, 0.2) is 0 Å². The van der Waals surface area contributed by atoms with Crippen molar-refractivity contribution in [2.24, 2.45) is 5.73 Å². The molecule has 0 saturated carbocycles. The van der Waals surface area contributed by atoms with E-state index in [2.05, 4.69) is 15.9 Å². The molecule has 15 heavy (non-hydrogen) atoms. The van der Waals surface area contributed by atoms with E-state index in [0.717, 1.165) is 0 Å². The van der Waals surface area contributed by atoms with Crippen LogP contribution >= 0.6 is 28.3 Å². The van der Waals surface area contributed by atoms with Gasteiger partial charge in [-0.3, -0.25) is 4.79 Å². The Kier molecular flexibility index (Phi) is 5.79. The van der Waals surface area contributed by atoms with Crippen LogP contribution in [0.15, 0.2) is 22.7 Å². The predicted octanol–water partition coefficient (Wildman–Crippen LogP) is 1.96. The number of hydrogen-bond donors (Lipinski definition) is 2. The summed E-state index contributed by atoms with van der Waals surface area (Å²) in [5, 5.41) is 8.53. The molecule has 0 saturated heterocycles. The molecule has 0 aliphatic carbocycles. The van der Waals surface area contributed by atoms with Gasteiger partial charge in [0.2, 0.25) is 0 Å². The average Bonchev–Trinajstić information content (AvgIpc) is 2.09. The minimum Gasteiger partial charge on any atom is -0.480 e. The highest BCUT2D eigenvalue weighted by Crippen LogP contribution is 2.16. The summed E-state index contributed by atoms with van der Waals surface area (Å²) in [4.78, 5) is 10.4. The molecule has 3 N–H and O–H groups in total. The van der Waals surface area contributed by atoms with Crippen LogP contribution in [0.25, 0.3) is 0 Å². The third kappa shape index (κ3) is 4.15. The molecule has 1 atom stereocenters. The van der Waals surface area contributed by atoms with Crippen LogP contribution < -0.4 is 5.73 Å². The number of halogens is 3. The van der Waals surface area contributed by atoms with Crippen LogP contribution in [0.5, 0.6) is 0 Å². The molecule has 6 heteroatoms. The highest BCUT2D eigenvalue weighted by Gasteiger charge is 2.14. The van der Waals surface area contributed by atoms with E-state index in [0.29, 0.717) is 10.0 Å². The van der Waals surface area contributed by atoms with Gasteiger partial charge in [0.05, 0.1) is 0 Å². The van der Waals surface area contributed by atoms with Gasteiger partial charge in [0, 0.05) is 10.9 Å².